The average molecular weight is 364 g/mol. The lowest BCUT2D eigenvalue weighted by molar-refractivity contribution is -0.384. The molecule has 0 N–H and O–H groups in total. The van der Waals surface area contributed by atoms with Crippen LogP contribution in [0, 0.1) is 24.0 Å². The molecule has 0 aliphatic carbocycles. The fraction of sp³-hybridized carbons (Fsp3) is 0.190. The Morgan fingerprint density at radius 2 is 1.67 bits per heavy atom. The number of carbonyl (C=O) groups is 1. The number of carbonyl (C=O) groups excluding carboxylic acids is 1. The van der Waals surface area contributed by atoms with E-state index in [2.05, 4.69) is 0 Å². The van der Waals surface area contributed by atoms with E-state index in [4.69, 9.17) is 4.74 Å². The van der Waals surface area contributed by atoms with Crippen LogP contribution in [0.4, 0.5) is 5.69 Å². The van der Waals surface area contributed by atoms with Crippen molar-refractivity contribution in [3.05, 3.63) is 81.7 Å². The van der Waals surface area contributed by atoms with Crippen LogP contribution in [0.5, 0.6) is 0 Å². The second-order valence-electron chi connectivity index (χ2n) is 6.12. The fourth-order valence-electron chi connectivity index (χ4n) is 3.36. The molecule has 0 aliphatic heterocycles. The lowest BCUT2D eigenvalue weighted by atomic mass is 10.0. The molecule has 0 atom stereocenters. The number of para-hydroxylation sites is 1. The van der Waals surface area contributed by atoms with Crippen molar-refractivity contribution in [1.82, 2.24) is 4.57 Å². The van der Waals surface area contributed by atoms with Gasteiger partial charge in [0.1, 0.15) is 0 Å². The second-order valence-corrected chi connectivity index (χ2v) is 6.12. The zero-order chi connectivity index (χ0) is 19.6. The number of aromatic nitrogens is 1. The Hall–Kier alpha value is -3.41. The van der Waals surface area contributed by atoms with Gasteiger partial charge in [0.15, 0.2) is 0 Å². The van der Waals surface area contributed by atoms with Crippen molar-refractivity contribution in [2.24, 2.45) is 0 Å². The highest BCUT2D eigenvalue weighted by molar-refractivity contribution is 6.00. The summed E-state index contributed by atoms with van der Waals surface area (Å²) in [5.74, 6) is -0.402. The molecule has 0 radical (unpaired) electrons. The molecule has 1 heterocycles. The highest BCUT2D eigenvalue weighted by Gasteiger charge is 2.26. The summed E-state index contributed by atoms with van der Waals surface area (Å²) in [6, 6.07) is 15.9. The second kappa shape index (κ2) is 7.45. The van der Waals surface area contributed by atoms with Crippen LogP contribution in [0.15, 0.2) is 54.6 Å². The molecule has 0 saturated heterocycles. The van der Waals surface area contributed by atoms with Crippen molar-refractivity contribution in [1.29, 1.82) is 0 Å². The van der Waals surface area contributed by atoms with Gasteiger partial charge >= 0.3 is 5.97 Å². The number of hydrogen-bond acceptors (Lipinski definition) is 4. The Bertz CT molecular complexity index is 989. The van der Waals surface area contributed by atoms with Crippen LogP contribution >= 0.6 is 0 Å². The Balaban J connectivity index is 2.25. The standard InChI is InChI=1S/C21H20N2O4/c1-4-27-21(24)20-15(3)22(17-8-6-5-7-9-17)14(2)19(20)16-10-12-18(13-11-16)23(25)26/h5-13H,4H2,1-3H3. The van der Waals surface area contributed by atoms with Gasteiger partial charge in [-0.1, -0.05) is 18.2 Å². The van der Waals surface area contributed by atoms with Crippen molar-refractivity contribution < 1.29 is 14.5 Å². The van der Waals surface area contributed by atoms with Gasteiger partial charge in [0.05, 0.1) is 17.1 Å². The SMILES string of the molecule is CCOC(=O)c1c(-c2ccc([N+](=O)[O-])cc2)c(C)n(-c2ccccc2)c1C. The molecule has 0 amide bonds. The van der Waals surface area contributed by atoms with Gasteiger partial charge < -0.3 is 9.30 Å². The molecule has 0 saturated carbocycles. The van der Waals surface area contributed by atoms with E-state index in [1.165, 1.54) is 12.1 Å². The van der Waals surface area contributed by atoms with E-state index in [1.807, 2.05) is 48.7 Å². The molecule has 1 aromatic heterocycles. The third-order valence-corrected chi connectivity index (χ3v) is 4.51. The van der Waals surface area contributed by atoms with Crippen LogP contribution < -0.4 is 0 Å². The lowest BCUT2D eigenvalue weighted by Crippen LogP contribution is -2.07. The number of nitro benzene ring substituents is 1. The number of rotatable bonds is 5. The van der Waals surface area contributed by atoms with E-state index in [-0.39, 0.29) is 12.3 Å². The number of nitrogens with zero attached hydrogens (tertiary/aromatic N) is 2. The predicted molar refractivity (Wildman–Crippen MR) is 103 cm³/mol. The summed E-state index contributed by atoms with van der Waals surface area (Å²) < 4.78 is 7.28. The van der Waals surface area contributed by atoms with E-state index < -0.39 is 10.9 Å². The molecule has 6 heteroatoms. The predicted octanol–water partition coefficient (Wildman–Crippen LogP) is 4.85. The monoisotopic (exact) mass is 364 g/mol. The lowest BCUT2D eigenvalue weighted by Gasteiger charge is -2.09. The highest BCUT2D eigenvalue weighted by atomic mass is 16.6. The van der Waals surface area contributed by atoms with Crippen molar-refractivity contribution >= 4 is 11.7 Å². The number of nitro groups is 1. The van der Waals surface area contributed by atoms with Crippen LogP contribution in [0.1, 0.15) is 28.7 Å². The summed E-state index contributed by atoms with van der Waals surface area (Å²) in [6.07, 6.45) is 0. The number of esters is 1. The third kappa shape index (κ3) is 3.33. The molecule has 0 bridgehead atoms. The summed E-state index contributed by atoms with van der Waals surface area (Å²) in [5, 5.41) is 10.9. The maximum absolute atomic E-state index is 12.7. The van der Waals surface area contributed by atoms with Crippen LogP contribution in [0.2, 0.25) is 0 Å². The first-order valence-corrected chi connectivity index (χ1v) is 8.65. The summed E-state index contributed by atoms with van der Waals surface area (Å²) in [5.41, 5.74) is 4.52. The summed E-state index contributed by atoms with van der Waals surface area (Å²) >= 11 is 0. The fourth-order valence-corrected chi connectivity index (χ4v) is 3.36. The van der Waals surface area contributed by atoms with Gasteiger partial charge in [-0.3, -0.25) is 10.1 Å². The van der Waals surface area contributed by atoms with Gasteiger partial charge in [0, 0.05) is 34.8 Å². The van der Waals surface area contributed by atoms with E-state index in [0.717, 1.165) is 28.2 Å². The largest absolute Gasteiger partial charge is 0.462 e. The number of non-ortho nitro benzene ring substituents is 1. The first kappa shape index (κ1) is 18.4. The first-order valence-electron chi connectivity index (χ1n) is 8.65. The van der Waals surface area contributed by atoms with Crippen molar-refractivity contribution in [2.75, 3.05) is 6.61 Å². The molecule has 0 unspecified atom stereocenters. The van der Waals surface area contributed by atoms with Gasteiger partial charge in [-0.15, -0.1) is 0 Å². The minimum absolute atomic E-state index is 0.00769. The normalized spacial score (nSPS) is 10.6. The molecular weight excluding hydrogens is 344 g/mol. The van der Waals surface area contributed by atoms with Gasteiger partial charge in [-0.2, -0.15) is 0 Å². The van der Waals surface area contributed by atoms with Crippen LogP contribution in [-0.2, 0) is 4.74 Å². The molecule has 0 aliphatic rings. The number of ether oxygens (including phenoxy) is 1. The number of benzene rings is 2. The molecule has 0 fully saturated rings. The zero-order valence-corrected chi connectivity index (χ0v) is 15.4. The van der Waals surface area contributed by atoms with E-state index in [0.29, 0.717) is 5.56 Å². The Kier molecular flexibility index (Phi) is 5.07. The minimum atomic E-state index is -0.441. The average Bonchev–Trinajstić information content (AvgIpc) is 2.93. The van der Waals surface area contributed by atoms with E-state index >= 15 is 0 Å². The first-order chi connectivity index (χ1) is 13.0. The molecule has 2 aromatic carbocycles. The van der Waals surface area contributed by atoms with Crippen molar-refractivity contribution in [2.45, 2.75) is 20.8 Å². The van der Waals surface area contributed by atoms with Gasteiger partial charge in [-0.25, -0.2) is 4.79 Å². The van der Waals surface area contributed by atoms with Crippen LogP contribution in [0.3, 0.4) is 0 Å². The van der Waals surface area contributed by atoms with Gasteiger partial charge in [0.25, 0.3) is 5.69 Å². The van der Waals surface area contributed by atoms with Gasteiger partial charge in [-0.05, 0) is 50.6 Å². The summed E-state index contributed by atoms with van der Waals surface area (Å²) in [4.78, 5) is 23.2. The molecular formula is C21H20N2O4. The highest BCUT2D eigenvalue weighted by Crippen LogP contribution is 2.35. The topological polar surface area (TPSA) is 74.4 Å². The Labute approximate surface area is 157 Å². The zero-order valence-electron chi connectivity index (χ0n) is 15.4. The third-order valence-electron chi connectivity index (χ3n) is 4.51. The molecule has 3 aromatic rings. The van der Waals surface area contributed by atoms with E-state index in [1.54, 1.807) is 19.1 Å². The maximum Gasteiger partial charge on any atom is 0.340 e. The molecule has 3 rings (SSSR count). The Morgan fingerprint density at radius 1 is 1.04 bits per heavy atom. The Morgan fingerprint density at radius 3 is 2.22 bits per heavy atom. The quantitative estimate of drug-likeness (QED) is 0.369. The van der Waals surface area contributed by atoms with Crippen molar-refractivity contribution in [3.63, 3.8) is 0 Å². The summed E-state index contributed by atoms with van der Waals surface area (Å²) in [6.45, 7) is 5.84. The maximum atomic E-state index is 12.7. The molecule has 27 heavy (non-hydrogen) atoms. The van der Waals surface area contributed by atoms with Crippen LogP contribution in [0.25, 0.3) is 16.8 Å². The minimum Gasteiger partial charge on any atom is -0.462 e. The van der Waals surface area contributed by atoms with E-state index in [9.17, 15) is 14.9 Å². The smallest absolute Gasteiger partial charge is 0.340 e. The molecule has 6 nitrogen and oxygen atoms in total. The van der Waals surface area contributed by atoms with Crippen molar-refractivity contribution in [3.8, 4) is 16.8 Å². The summed E-state index contributed by atoms with van der Waals surface area (Å²) in [7, 11) is 0. The molecule has 138 valence electrons. The molecule has 0 spiro atoms. The van der Waals surface area contributed by atoms with Crippen LogP contribution in [-0.4, -0.2) is 22.1 Å². The van der Waals surface area contributed by atoms with Gasteiger partial charge in [0.2, 0.25) is 0 Å². The number of hydrogen-bond donors (Lipinski definition) is 0.